The summed E-state index contributed by atoms with van der Waals surface area (Å²) >= 11 is 6.25. The van der Waals surface area contributed by atoms with Crippen LogP contribution in [0.1, 0.15) is 45.6 Å². The summed E-state index contributed by atoms with van der Waals surface area (Å²) in [7, 11) is 1.54. The van der Waals surface area contributed by atoms with Crippen LogP contribution in [0.15, 0.2) is 18.2 Å². The van der Waals surface area contributed by atoms with Crippen LogP contribution < -0.4 is 20.1 Å². The zero-order valence-corrected chi connectivity index (χ0v) is 17.2. The summed E-state index contributed by atoms with van der Waals surface area (Å²) < 4.78 is 10.9. The van der Waals surface area contributed by atoms with Crippen molar-refractivity contribution in [3.05, 3.63) is 28.8 Å². The van der Waals surface area contributed by atoms with E-state index in [1.165, 1.54) is 13.2 Å². The second kappa shape index (κ2) is 12.2. The Labute approximate surface area is 166 Å². The fraction of sp³-hybridized carbons (Fsp3) is 0.500. The van der Waals surface area contributed by atoms with Crippen LogP contribution >= 0.6 is 11.6 Å². The zero-order chi connectivity index (χ0) is 20.2. The first kappa shape index (κ1) is 22.8. The van der Waals surface area contributed by atoms with Gasteiger partial charge in [0, 0.05) is 25.1 Å². The number of halogens is 1. The van der Waals surface area contributed by atoms with E-state index in [1.807, 2.05) is 20.8 Å². The molecule has 27 heavy (non-hydrogen) atoms. The molecule has 0 aromatic heterocycles. The molecule has 1 atom stereocenters. The van der Waals surface area contributed by atoms with Crippen LogP contribution in [0.5, 0.6) is 11.5 Å². The number of amides is 2. The van der Waals surface area contributed by atoms with E-state index in [2.05, 4.69) is 10.6 Å². The number of rotatable bonds is 11. The molecule has 0 saturated heterocycles. The lowest BCUT2D eigenvalue weighted by Crippen LogP contribution is -2.34. The molecule has 0 radical (unpaired) electrons. The summed E-state index contributed by atoms with van der Waals surface area (Å²) in [6.07, 6.45) is 5.00. The molecule has 2 N–H and O–H groups in total. The van der Waals surface area contributed by atoms with E-state index in [1.54, 1.807) is 18.2 Å². The molecule has 0 fully saturated rings. The molecular weight excluding hydrogens is 368 g/mol. The van der Waals surface area contributed by atoms with Gasteiger partial charge in [0.2, 0.25) is 11.8 Å². The smallest absolute Gasteiger partial charge is 0.244 e. The van der Waals surface area contributed by atoms with Gasteiger partial charge in [-0.3, -0.25) is 9.59 Å². The van der Waals surface area contributed by atoms with Crippen LogP contribution in [0.25, 0.3) is 6.08 Å². The predicted octanol–water partition coefficient (Wildman–Crippen LogP) is 3.57. The van der Waals surface area contributed by atoms with Crippen LogP contribution in [-0.4, -0.2) is 38.1 Å². The summed E-state index contributed by atoms with van der Waals surface area (Å²) in [6, 6.07) is 3.59. The molecule has 1 aromatic rings. The maximum absolute atomic E-state index is 11.9. The number of nitrogens with one attached hydrogen (secondary N) is 2. The van der Waals surface area contributed by atoms with Crippen molar-refractivity contribution in [2.24, 2.45) is 0 Å². The number of benzene rings is 1. The van der Waals surface area contributed by atoms with Gasteiger partial charge >= 0.3 is 0 Å². The molecule has 0 aliphatic heterocycles. The Bertz CT molecular complexity index is 662. The molecular formula is C20H29ClN2O4. The predicted molar refractivity (Wildman–Crippen MR) is 108 cm³/mol. The van der Waals surface area contributed by atoms with E-state index in [9.17, 15) is 9.59 Å². The Balaban J connectivity index is 2.59. The number of hydrogen-bond donors (Lipinski definition) is 2. The molecule has 150 valence electrons. The van der Waals surface area contributed by atoms with Gasteiger partial charge in [-0.2, -0.15) is 0 Å². The fourth-order valence-corrected chi connectivity index (χ4v) is 2.43. The molecule has 6 nitrogen and oxygen atoms in total. The lowest BCUT2D eigenvalue weighted by atomic mass is 10.2. The minimum absolute atomic E-state index is 0.0761. The van der Waals surface area contributed by atoms with Crippen LogP contribution in [0.4, 0.5) is 0 Å². The van der Waals surface area contributed by atoms with Gasteiger partial charge < -0.3 is 20.1 Å². The van der Waals surface area contributed by atoms with Crippen LogP contribution in [0, 0.1) is 0 Å². The lowest BCUT2D eigenvalue weighted by Gasteiger charge is -2.12. The van der Waals surface area contributed by atoms with Crippen LogP contribution in [-0.2, 0) is 9.59 Å². The van der Waals surface area contributed by atoms with Gasteiger partial charge in [-0.15, -0.1) is 0 Å². The Morgan fingerprint density at radius 1 is 1.30 bits per heavy atom. The summed E-state index contributed by atoms with van der Waals surface area (Å²) in [5.74, 6) is 0.646. The first-order chi connectivity index (χ1) is 12.9. The second-order valence-corrected chi connectivity index (χ2v) is 6.54. The molecule has 0 aliphatic carbocycles. The largest absolute Gasteiger partial charge is 0.493 e. The third kappa shape index (κ3) is 8.35. The van der Waals surface area contributed by atoms with Crippen molar-refractivity contribution in [2.45, 2.75) is 46.1 Å². The lowest BCUT2D eigenvalue weighted by molar-refractivity contribution is -0.121. The first-order valence-corrected chi connectivity index (χ1v) is 9.54. The highest BCUT2D eigenvalue weighted by Gasteiger charge is 2.11. The third-order valence-corrected chi connectivity index (χ3v) is 4.08. The summed E-state index contributed by atoms with van der Waals surface area (Å²) in [6.45, 7) is 6.76. The maximum Gasteiger partial charge on any atom is 0.244 e. The molecule has 1 aromatic carbocycles. The monoisotopic (exact) mass is 396 g/mol. The Morgan fingerprint density at radius 2 is 2.04 bits per heavy atom. The molecule has 1 unspecified atom stereocenters. The Hall–Kier alpha value is -2.21. The van der Waals surface area contributed by atoms with Crippen molar-refractivity contribution >= 4 is 29.5 Å². The summed E-state index contributed by atoms with van der Waals surface area (Å²) in [5, 5.41) is 5.95. The average Bonchev–Trinajstić information content (AvgIpc) is 2.64. The van der Waals surface area contributed by atoms with E-state index >= 15 is 0 Å². The molecule has 0 heterocycles. The minimum atomic E-state index is -0.285. The molecule has 0 aliphatic rings. The van der Waals surface area contributed by atoms with Gasteiger partial charge in [0.25, 0.3) is 0 Å². The molecule has 0 saturated carbocycles. The summed E-state index contributed by atoms with van der Waals surface area (Å²) in [5.41, 5.74) is 0.713. The van der Waals surface area contributed by atoms with Crippen molar-refractivity contribution < 1.29 is 19.1 Å². The van der Waals surface area contributed by atoms with E-state index in [-0.39, 0.29) is 30.8 Å². The fourth-order valence-electron chi connectivity index (χ4n) is 2.16. The topological polar surface area (TPSA) is 76.7 Å². The number of ether oxygens (including phenoxy) is 2. The van der Waals surface area contributed by atoms with Crippen molar-refractivity contribution in [1.29, 1.82) is 0 Å². The van der Waals surface area contributed by atoms with Crippen molar-refractivity contribution in [3.63, 3.8) is 0 Å². The van der Waals surface area contributed by atoms with Gasteiger partial charge in [-0.05, 0) is 43.5 Å². The van der Waals surface area contributed by atoms with Crippen LogP contribution in [0.3, 0.4) is 0 Å². The molecule has 0 spiro atoms. The second-order valence-electron chi connectivity index (χ2n) is 6.13. The molecule has 0 bridgehead atoms. The number of hydrogen-bond acceptors (Lipinski definition) is 4. The van der Waals surface area contributed by atoms with Gasteiger partial charge in [0.05, 0.1) is 18.7 Å². The third-order valence-electron chi connectivity index (χ3n) is 3.80. The van der Waals surface area contributed by atoms with Crippen molar-refractivity contribution in [3.8, 4) is 11.5 Å². The average molecular weight is 397 g/mol. The van der Waals surface area contributed by atoms with Crippen molar-refractivity contribution in [1.82, 2.24) is 10.6 Å². The minimum Gasteiger partial charge on any atom is -0.493 e. The number of carbonyl (C=O) groups excluding carboxylic acids is 2. The maximum atomic E-state index is 11.9. The summed E-state index contributed by atoms with van der Waals surface area (Å²) in [4.78, 5) is 23.6. The standard InChI is InChI=1S/C20H29ClN2O4/c1-5-11-27-20-16(21)12-15(13-17(20)26-4)7-8-18(24)22-10-9-19(25)23-14(3)6-2/h7-8,12-14H,5-6,9-11H2,1-4H3,(H,22,24)(H,23,25)/b8-7+. The van der Waals surface area contributed by atoms with E-state index in [0.717, 1.165) is 12.8 Å². The number of methoxy groups -OCH3 is 1. The van der Waals surface area contributed by atoms with E-state index in [4.69, 9.17) is 21.1 Å². The van der Waals surface area contributed by atoms with Gasteiger partial charge in [0.15, 0.2) is 11.5 Å². The molecule has 2 amide bonds. The number of carbonyl (C=O) groups is 2. The van der Waals surface area contributed by atoms with Gasteiger partial charge in [0.1, 0.15) is 0 Å². The highest BCUT2D eigenvalue weighted by molar-refractivity contribution is 6.32. The van der Waals surface area contributed by atoms with Gasteiger partial charge in [-0.25, -0.2) is 0 Å². The SMILES string of the molecule is CCCOc1c(Cl)cc(/C=C/C(=O)NCCC(=O)NC(C)CC)cc1OC. The normalized spacial score (nSPS) is 11.9. The van der Waals surface area contributed by atoms with E-state index < -0.39 is 0 Å². The quantitative estimate of drug-likeness (QED) is 0.560. The zero-order valence-electron chi connectivity index (χ0n) is 16.4. The Kier molecular flexibility index (Phi) is 10.3. The molecule has 1 rings (SSSR count). The highest BCUT2D eigenvalue weighted by Crippen LogP contribution is 2.36. The van der Waals surface area contributed by atoms with Gasteiger partial charge in [-0.1, -0.05) is 25.4 Å². The van der Waals surface area contributed by atoms with Crippen molar-refractivity contribution in [2.75, 3.05) is 20.3 Å². The Morgan fingerprint density at radius 3 is 2.67 bits per heavy atom. The highest BCUT2D eigenvalue weighted by atomic mass is 35.5. The van der Waals surface area contributed by atoms with Crippen LogP contribution in [0.2, 0.25) is 5.02 Å². The van der Waals surface area contributed by atoms with E-state index in [0.29, 0.717) is 28.7 Å². The molecule has 7 heteroatoms. The first-order valence-electron chi connectivity index (χ1n) is 9.16.